The van der Waals surface area contributed by atoms with E-state index in [0.717, 1.165) is 0 Å². The van der Waals surface area contributed by atoms with Gasteiger partial charge in [0, 0.05) is 6.07 Å². The average molecular weight is 326 g/mol. The smallest absolute Gasteiger partial charge is 0.256 e. The summed E-state index contributed by atoms with van der Waals surface area (Å²) in [5.74, 6) is 0.345. The third-order valence-corrected chi connectivity index (χ3v) is 2.62. The molecule has 0 aliphatic heterocycles. The molecule has 1 amide bonds. The number of nitrogens with two attached hydrogens (primary N) is 1. The fourth-order valence-corrected chi connectivity index (χ4v) is 1.94. The molecule has 0 aliphatic rings. The van der Waals surface area contributed by atoms with Crippen LogP contribution in [0.5, 0.6) is 17.2 Å². The molecule has 1 aromatic carbocycles. The Morgan fingerprint density at radius 1 is 1.18 bits per heavy atom. The van der Waals surface area contributed by atoms with Crippen molar-refractivity contribution >= 4 is 21.8 Å². The van der Waals surface area contributed by atoms with Gasteiger partial charge in [0.15, 0.2) is 11.5 Å². The predicted octanol–water partition coefficient (Wildman–Crippen LogP) is -1.42. The minimum atomic E-state index is -0.645. The summed E-state index contributed by atoms with van der Waals surface area (Å²) >= 11 is 3.26. The van der Waals surface area contributed by atoms with E-state index in [0.29, 0.717) is 16.0 Å². The van der Waals surface area contributed by atoms with E-state index in [1.165, 1.54) is 21.3 Å². The van der Waals surface area contributed by atoms with Gasteiger partial charge in [0.2, 0.25) is 0 Å². The van der Waals surface area contributed by atoms with Crippen molar-refractivity contribution in [2.75, 3.05) is 21.3 Å². The van der Waals surface area contributed by atoms with Crippen LogP contribution < -0.4 is 32.4 Å². The fraction of sp³-hybridized carbons (Fsp3) is 0.300. The molecular weight excluding hydrogens is 313 g/mol. The molecule has 0 aliphatic carbocycles. The second-order valence-electron chi connectivity index (χ2n) is 2.87. The van der Waals surface area contributed by atoms with E-state index < -0.39 is 5.91 Å². The van der Waals surface area contributed by atoms with Crippen LogP contribution in [0.4, 0.5) is 0 Å². The number of rotatable bonds is 4. The highest BCUT2D eigenvalue weighted by molar-refractivity contribution is 9.10. The van der Waals surface area contributed by atoms with Crippen LogP contribution in [0.1, 0.15) is 10.4 Å². The first-order valence-electron chi connectivity index (χ1n) is 4.35. The van der Waals surface area contributed by atoms with Gasteiger partial charge in [-0.2, -0.15) is 0 Å². The Bertz CT molecular complexity index is 425. The Labute approximate surface area is 114 Å². The molecule has 0 aromatic heterocycles. The minimum Gasteiger partial charge on any atom is -1.00 e. The van der Waals surface area contributed by atoms with Crippen LogP contribution in [0.15, 0.2) is 10.5 Å². The summed E-state index contributed by atoms with van der Waals surface area (Å²) in [6, 6.07) is 1.64. The zero-order valence-corrected chi connectivity index (χ0v) is 11.9. The lowest BCUT2D eigenvalue weighted by Gasteiger charge is -2.15. The fourth-order valence-electron chi connectivity index (χ4n) is 1.37. The maximum atomic E-state index is 11.4. The van der Waals surface area contributed by atoms with Gasteiger partial charge in [0.05, 0.1) is 25.8 Å². The van der Waals surface area contributed by atoms with Gasteiger partial charge in [-0.3, -0.25) is 4.79 Å². The Balaban J connectivity index is 0.00000256. The van der Waals surface area contributed by atoms with Gasteiger partial charge in [-0.1, -0.05) is 0 Å². The normalized spacial score (nSPS) is 9.18. The lowest BCUT2D eigenvalue weighted by molar-refractivity contribution is -0.0000127. The number of amides is 1. The summed E-state index contributed by atoms with van der Waals surface area (Å²) in [7, 11) is 4.34. The van der Waals surface area contributed by atoms with Gasteiger partial charge in [-0.25, -0.2) is 0 Å². The molecule has 0 saturated carbocycles. The van der Waals surface area contributed by atoms with E-state index in [-0.39, 0.29) is 23.7 Å². The van der Waals surface area contributed by atoms with Gasteiger partial charge in [0.1, 0.15) is 11.3 Å². The van der Waals surface area contributed by atoms with Crippen LogP contribution >= 0.6 is 15.9 Å². The molecule has 96 valence electrons. The van der Waals surface area contributed by atoms with Crippen LogP contribution in [-0.4, -0.2) is 27.2 Å². The molecule has 0 radical (unpaired) electrons. The van der Waals surface area contributed by atoms with Crippen molar-refractivity contribution in [1.29, 1.82) is 0 Å². The quantitative estimate of drug-likeness (QED) is 0.737. The molecule has 0 unspecified atom stereocenters. The molecule has 0 saturated heterocycles. The van der Waals surface area contributed by atoms with Crippen LogP contribution in [0, 0.1) is 0 Å². The zero-order valence-electron chi connectivity index (χ0n) is 9.54. The largest absolute Gasteiger partial charge is 1.00 e. The number of ether oxygens (including phenoxy) is 3. The highest BCUT2D eigenvalue weighted by Gasteiger charge is 2.23. The van der Waals surface area contributed by atoms with Crippen molar-refractivity contribution < 1.29 is 31.4 Å². The third-order valence-electron chi connectivity index (χ3n) is 2.03. The molecule has 0 bridgehead atoms. The van der Waals surface area contributed by atoms with E-state index in [2.05, 4.69) is 15.9 Å². The molecule has 0 heterocycles. The Kier molecular flexibility index (Phi) is 6.12. The van der Waals surface area contributed by atoms with Crippen LogP contribution in [0.2, 0.25) is 0 Å². The maximum Gasteiger partial charge on any atom is 0.256 e. The van der Waals surface area contributed by atoms with E-state index in [1.807, 2.05) is 0 Å². The first-order valence-corrected chi connectivity index (χ1v) is 5.14. The van der Waals surface area contributed by atoms with E-state index in [9.17, 15) is 4.79 Å². The Hall–Kier alpha value is -1.14. The molecule has 2 N–H and O–H groups in total. The van der Waals surface area contributed by atoms with Crippen molar-refractivity contribution in [2.24, 2.45) is 5.73 Å². The number of carbonyl (C=O) groups is 1. The molecule has 1 rings (SSSR count). The molecule has 0 fully saturated rings. The first kappa shape index (κ1) is 15.9. The number of methoxy groups -OCH3 is 3. The third kappa shape index (κ3) is 2.95. The summed E-state index contributed by atoms with van der Waals surface area (Å²) in [6.45, 7) is 0. The molecule has 0 atom stereocenters. The molecule has 7 heteroatoms. The lowest BCUT2D eigenvalue weighted by atomic mass is 10.1. The number of primary amides is 1. The van der Waals surface area contributed by atoms with Crippen molar-refractivity contribution in [2.45, 2.75) is 0 Å². The molecule has 0 spiro atoms. The summed E-state index contributed by atoms with van der Waals surface area (Å²) in [5, 5.41) is 0. The van der Waals surface area contributed by atoms with Crippen LogP contribution in [0.3, 0.4) is 0 Å². The monoisotopic (exact) mass is 324 g/mol. The van der Waals surface area contributed by atoms with E-state index >= 15 is 0 Å². The standard InChI is InChI=1S/C10H12BrNO4.ClH/c1-14-6-4-5(11)8(15-2)7(10(12)13)9(6)16-3;/h4H,1-3H3,(H2,12,13);1H/p-1. The second kappa shape index (κ2) is 6.56. The van der Waals surface area contributed by atoms with Gasteiger partial charge in [-0.15, -0.1) is 0 Å². The molecular formula is C10H12BrClNO4-. The average Bonchev–Trinajstić information content (AvgIpc) is 2.27. The van der Waals surface area contributed by atoms with E-state index in [4.69, 9.17) is 19.9 Å². The summed E-state index contributed by atoms with van der Waals surface area (Å²) < 4.78 is 15.9. The number of hydrogen-bond acceptors (Lipinski definition) is 4. The van der Waals surface area contributed by atoms with Gasteiger partial charge in [-0.05, 0) is 15.9 Å². The Morgan fingerprint density at radius 2 is 1.71 bits per heavy atom. The van der Waals surface area contributed by atoms with E-state index in [1.54, 1.807) is 6.07 Å². The van der Waals surface area contributed by atoms with Crippen molar-refractivity contribution in [3.05, 3.63) is 16.1 Å². The molecule has 5 nitrogen and oxygen atoms in total. The van der Waals surface area contributed by atoms with Crippen LogP contribution in [-0.2, 0) is 0 Å². The van der Waals surface area contributed by atoms with Gasteiger partial charge < -0.3 is 32.4 Å². The van der Waals surface area contributed by atoms with Crippen LogP contribution in [0.25, 0.3) is 0 Å². The Morgan fingerprint density at radius 3 is 2.06 bits per heavy atom. The predicted molar refractivity (Wildman–Crippen MR) is 62.3 cm³/mol. The number of hydrogen-bond donors (Lipinski definition) is 1. The highest BCUT2D eigenvalue weighted by atomic mass is 79.9. The van der Waals surface area contributed by atoms with Crippen molar-refractivity contribution in [3.63, 3.8) is 0 Å². The lowest BCUT2D eigenvalue weighted by Crippen LogP contribution is -3.00. The topological polar surface area (TPSA) is 70.8 Å². The zero-order chi connectivity index (χ0) is 12.3. The summed E-state index contributed by atoms with van der Waals surface area (Å²) in [6.07, 6.45) is 0. The maximum absolute atomic E-state index is 11.4. The number of halogens is 2. The SMILES string of the molecule is COc1cc(Br)c(OC)c(C(N)=O)c1OC.[Cl-]. The van der Waals surface area contributed by atoms with Gasteiger partial charge >= 0.3 is 0 Å². The van der Waals surface area contributed by atoms with Crippen molar-refractivity contribution in [3.8, 4) is 17.2 Å². The summed E-state index contributed by atoms with van der Waals surface area (Å²) in [5.41, 5.74) is 5.43. The van der Waals surface area contributed by atoms with Crippen molar-refractivity contribution in [1.82, 2.24) is 0 Å². The minimum absolute atomic E-state index is 0. The number of carbonyl (C=O) groups excluding carboxylic acids is 1. The first-order chi connectivity index (χ1) is 7.56. The van der Waals surface area contributed by atoms with Gasteiger partial charge in [0.25, 0.3) is 5.91 Å². The molecule has 1 aromatic rings. The highest BCUT2D eigenvalue weighted by Crippen LogP contribution is 2.42. The second-order valence-corrected chi connectivity index (χ2v) is 3.72. The number of benzene rings is 1. The summed E-state index contributed by atoms with van der Waals surface area (Å²) in [4.78, 5) is 11.4. The molecule has 17 heavy (non-hydrogen) atoms.